The van der Waals surface area contributed by atoms with Crippen LogP contribution in [0.5, 0.6) is 0 Å². The Balaban J connectivity index is 1.79. The molecule has 2 aromatic rings. The van der Waals surface area contributed by atoms with Crippen LogP contribution in [-0.4, -0.2) is 17.4 Å². The van der Waals surface area contributed by atoms with Gasteiger partial charge in [-0.2, -0.15) is 0 Å². The van der Waals surface area contributed by atoms with Crippen LogP contribution in [0.25, 0.3) is 10.9 Å². The molecule has 0 aliphatic heterocycles. The fraction of sp³-hybridized carbons (Fsp3) is 0.353. The SMILES string of the molecule is CCCCNC(=O)C=CCCc1c[nH]c2ccccc12. The highest BCUT2D eigenvalue weighted by Crippen LogP contribution is 2.18. The van der Waals surface area contributed by atoms with Gasteiger partial charge in [-0.1, -0.05) is 37.6 Å². The standard InChI is InChI=1S/C17H22N2O/c1-2-3-12-18-17(20)11-7-4-8-14-13-19-16-10-6-5-9-15(14)16/h5-7,9-11,13,19H,2-4,8,12H2,1H3,(H,18,20). The lowest BCUT2D eigenvalue weighted by molar-refractivity contribution is -0.116. The van der Waals surface area contributed by atoms with Crippen LogP contribution < -0.4 is 5.32 Å². The van der Waals surface area contributed by atoms with Gasteiger partial charge in [-0.3, -0.25) is 4.79 Å². The molecule has 1 heterocycles. The molecule has 0 aliphatic rings. The van der Waals surface area contributed by atoms with Gasteiger partial charge in [-0.25, -0.2) is 0 Å². The van der Waals surface area contributed by atoms with Gasteiger partial charge in [0.2, 0.25) is 5.91 Å². The molecule has 0 bridgehead atoms. The Labute approximate surface area is 120 Å². The average Bonchev–Trinajstić information content (AvgIpc) is 2.87. The molecule has 106 valence electrons. The molecule has 3 nitrogen and oxygen atoms in total. The molecule has 2 N–H and O–H groups in total. The molecular formula is C17H22N2O. The van der Waals surface area contributed by atoms with Crippen molar-refractivity contribution in [1.82, 2.24) is 10.3 Å². The van der Waals surface area contributed by atoms with Gasteiger partial charge in [0, 0.05) is 23.6 Å². The van der Waals surface area contributed by atoms with E-state index in [0.29, 0.717) is 0 Å². The first-order valence-corrected chi connectivity index (χ1v) is 7.30. The Morgan fingerprint density at radius 2 is 2.20 bits per heavy atom. The summed E-state index contributed by atoms with van der Waals surface area (Å²) < 4.78 is 0. The first kappa shape index (κ1) is 14.4. The zero-order chi connectivity index (χ0) is 14.2. The summed E-state index contributed by atoms with van der Waals surface area (Å²) >= 11 is 0. The van der Waals surface area contributed by atoms with Gasteiger partial charge >= 0.3 is 0 Å². The summed E-state index contributed by atoms with van der Waals surface area (Å²) in [4.78, 5) is 14.8. The van der Waals surface area contributed by atoms with Crippen molar-refractivity contribution in [3.05, 3.63) is 48.2 Å². The van der Waals surface area contributed by atoms with Crippen molar-refractivity contribution in [2.75, 3.05) is 6.54 Å². The van der Waals surface area contributed by atoms with Gasteiger partial charge in [-0.05, 0) is 37.0 Å². The number of allylic oxidation sites excluding steroid dienone is 1. The van der Waals surface area contributed by atoms with E-state index >= 15 is 0 Å². The normalized spacial score (nSPS) is 11.2. The van der Waals surface area contributed by atoms with Crippen molar-refractivity contribution in [3.8, 4) is 0 Å². The number of unbranched alkanes of at least 4 members (excludes halogenated alkanes) is 1. The number of para-hydroxylation sites is 1. The van der Waals surface area contributed by atoms with Crippen LogP contribution in [0.4, 0.5) is 0 Å². The van der Waals surface area contributed by atoms with Crippen molar-refractivity contribution in [1.29, 1.82) is 0 Å². The second-order valence-corrected chi connectivity index (χ2v) is 4.95. The Morgan fingerprint density at radius 3 is 3.05 bits per heavy atom. The lowest BCUT2D eigenvalue weighted by atomic mass is 10.1. The summed E-state index contributed by atoms with van der Waals surface area (Å²) in [5, 5.41) is 4.15. The van der Waals surface area contributed by atoms with Crippen LogP contribution in [0.1, 0.15) is 31.7 Å². The second-order valence-electron chi connectivity index (χ2n) is 4.95. The van der Waals surface area contributed by atoms with Gasteiger partial charge in [0.05, 0.1) is 0 Å². The van der Waals surface area contributed by atoms with Gasteiger partial charge in [-0.15, -0.1) is 0 Å². The summed E-state index contributed by atoms with van der Waals surface area (Å²) in [7, 11) is 0. The van der Waals surface area contributed by atoms with Gasteiger partial charge in [0.1, 0.15) is 0 Å². The quantitative estimate of drug-likeness (QED) is 0.586. The van der Waals surface area contributed by atoms with E-state index in [1.807, 2.05) is 12.1 Å². The summed E-state index contributed by atoms with van der Waals surface area (Å²) in [6.07, 6.45) is 9.61. The molecule has 1 aromatic carbocycles. The highest BCUT2D eigenvalue weighted by molar-refractivity contribution is 5.87. The van der Waals surface area contributed by atoms with E-state index in [9.17, 15) is 4.79 Å². The zero-order valence-corrected chi connectivity index (χ0v) is 12.0. The predicted octanol–water partition coefficient (Wildman–Crippen LogP) is 3.57. The second kappa shape index (κ2) is 7.53. The average molecular weight is 270 g/mol. The number of rotatable bonds is 7. The van der Waals surface area contributed by atoms with Gasteiger partial charge in [0.15, 0.2) is 0 Å². The number of nitrogens with one attached hydrogen (secondary N) is 2. The molecule has 0 atom stereocenters. The number of fused-ring (bicyclic) bond motifs is 1. The molecule has 0 spiro atoms. The van der Waals surface area contributed by atoms with E-state index in [2.05, 4.69) is 41.6 Å². The molecular weight excluding hydrogens is 248 g/mol. The van der Waals surface area contributed by atoms with Crippen LogP contribution in [0.3, 0.4) is 0 Å². The van der Waals surface area contributed by atoms with Crippen molar-refractivity contribution in [3.63, 3.8) is 0 Å². The van der Waals surface area contributed by atoms with Crippen molar-refractivity contribution < 1.29 is 4.79 Å². The molecule has 0 aliphatic carbocycles. The van der Waals surface area contributed by atoms with Crippen LogP contribution in [-0.2, 0) is 11.2 Å². The predicted molar refractivity (Wildman–Crippen MR) is 83.7 cm³/mol. The molecule has 0 fully saturated rings. The van der Waals surface area contributed by atoms with Crippen LogP contribution in [0.2, 0.25) is 0 Å². The fourth-order valence-electron chi connectivity index (χ4n) is 2.21. The van der Waals surface area contributed by atoms with E-state index in [4.69, 9.17) is 0 Å². The van der Waals surface area contributed by atoms with Crippen molar-refractivity contribution >= 4 is 16.8 Å². The summed E-state index contributed by atoms with van der Waals surface area (Å²) in [5.74, 6) is 0.0115. The molecule has 2 rings (SSSR count). The van der Waals surface area contributed by atoms with Crippen molar-refractivity contribution in [2.45, 2.75) is 32.6 Å². The number of carbonyl (C=O) groups is 1. The van der Waals surface area contributed by atoms with Crippen LogP contribution in [0, 0.1) is 0 Å². The number of aromatic amines is 1. The fourth-order valence-corrected chi connectivity index (χ4v) is 2.21. The number of hydrogen-bond donors (Lipinski definition) is 2. The molecule has 1 amide bonds. The van der Waals surface area contributed by atoms with E-state index in [0.717, 1.165) is 32.2 Å². The lowest BCUT2D eigenvalue weighted by Gasteiger charge is -1.99. The number of aryl methyl sites for hydroxylation is 1. The zero-order valence-electron chi connectivity index (χ0n) is 12.0. The molecule has 20 heavy (non-hydrogen) atoms. The Kier molecular flexibility index (Phi) is 5.42. The van der Waals surface area contributed by atoms with Gasteiger partial charge < -0.3 is 10.3 Å². The summed E-state index contributed by atoms with van der Waals surface area (Å²) in [6.45, 7) is 2.88. The Bertz CT molecular complexity index is 583. The number of hydrogen-bond acceptors (Lipinski definition) is 1. The molecule has 0 saturated heterocycles. The van der Waals surface area contributed by atoms with E-state index < -0.39 is 0 Å². The largest absolute Gasteiger partial charge is 0.361 e. The molecule has 0 unspecified atom stereocenters. The number of H-pyrrole nitrogens is 1. The summed E-state index contributed by atoms with van der Waals surface area (Å²) in [6, 6.07) is 8.29. The Hall–Kier alpha value is -2.03. The first-order valence-electron chi connectivity index (χ1n) is 7.30. The van der Waals surface area contributed by atoms with E-state index in [-0.39, 0.29) is 5.91 Å². The minimum absolute atomic E-state index is 0.0115. The summed E-state index contributed by atoms with van der Waals surface area (Å²) in [5.41, 5.74) is 2.47. The molecule has 1 aromatic heterocycles. The van der Waals surface area contributed by atoms with Gasteiger partial charge in [0.25, 0.3) is 0 Å². The maximum atomic E-state index is 11.5. The van der Waals surface area contributed by atoms with Crippen molar-refractivity contribution in [2.24, 2.45) is 0 Å². The van der Waals surface area contributed by atoms with E-state index in [1.54, 1.807) is 6.08 Å². The topological polar surface area (TPSA) is 44.9 Å². The Morgan fingerprint density at radius 1 is 1.35 bits per heavy atom. The molecule has 3 heteroatoms. The van der Waals surface area contributed by atoms with Crippen LogP contribution in [0.15, 0.2) is 42.6 Å². The number of carbonyl (C=O) groups excluding carboxylic acids is 1. The third-order valence-corrected chi connectivity index (χ3v) is 3.35. The van der Waals surface area contributed by atoms with Crippen LogP contribution >= 0.6 is 0 Å². The number of aromatic nitrogens is 1. The minimum atomic E-state index is 0.0115. The maximum Gasteiger partial charge on any atom is 0.243 e. The number of amides is 1. The highest BCUT2D eigenvalue weighted by Gasteiger charge is 2.01. The highest BCUT2D eigenvalue weighted by atomic mass is 16.1. The monoisotopic (exact) mass is 270 g/mol. The molecule has 0 saturated carbocycles. The number of benzene rings is 1. The minimum Gasteiger partial charge on any atom is -0.361 e. The lowest BCUT2D eigenvalue weighted by Crippen LogP contribution is -2.21. The van der Waals surface area contributed by atoms with E-state index in [1.165, 1.54) is 16.5 Å². The first-order chi connectivity index (χ1) is 9.81. The third kappa shape index (κ3) is 3.98. The smallest absolute Gasteiger partial charge is 0.243 e. The maximum absolute atomic E-state index is 11.5. The third-order valence-electron chi connectivity index (χ3n) is 3.35. The molecule has 0 radical (unpaired) electrons.